The number of furan rings is 2. The van der Waals surface area contributed by atoms with Crippen molar-refractivity contribution in [3.63, 3.8) is 0 Å². The monoisotopic (exact) mass is 677 g/mol. The van der Waals surface area contributed by atoms with Crippen molar-refractivity contribution in [2.24, 2.45) is 0 Å². The molecule has 2 heterocycles. The molecular weight excluding hydrogens is 647 g/mol. The van der Waals surface area contributed by atoms with Crippen LogP contribution in [0.2, 0.25) is 0 Å². The highest BCUT2D eigenvalue weighted by atomic mass is 16.3. The second-order valence-corrected chi connectivity index (χ2v) is 13.7. The zero-order valence-electron chi connectivity index (χ0n) is 28.7. The van der Waals surface area contributed by atoms with Crippen LogP contribution >= 0.6 is 0 Å². The molecule has 9 aromatic carbocycles. The predicted molar refractivity (Wildman–Crippen MR) is 222 cm³/mol. The zero-order valence-corrected chi connectivity index (χ0v) is 28.7. The van der Waals surface area contributed by atoms with Crippen LogP contribution in [0, 0.1) is 0 Å². The molecule has 11 rings (SSSR count). The number of nitrogens with zero attached hydrogens (tertiary/aromatic N) is 1. The summed E-state index contributed by atoms with van der Waals surface area (Å²) in [5.41, 5.74) is 11.2. The van der Waals surface area contributed by atoms with Gasteiger partial charge >= 0.3 is 0 Å². The van der Waals surface area contributed by atoms with Crippen molar-refractivity contribution in [2.75, 3.05) is 4.90 Å². The molecule has 0 bridgehead atoms. The Hall–Kier alpha value is -7.10. The van der Waals surface area contributed by atoms with Crippen LogP contribution < -0.4 is 4.90 Å². The Kier molecular flexibility index (Phi) is 6.55. The van der Waals surface area contributed by atoms with Gasteiger partial charge in [0.2, 0.25) is 0 Å². The Morgan fingerprint density at radius 3 is 1.87 bits per heavy atom. The average Bonchev–Trinajstić information content (AvgIpc) is 3.81. The smallest absolute Gasteiger partial charge is 0.143 e. The number of rotatable bonds is 5. The molecule has 0 saturated carbocycles. The molecule has 0 amide bonds. The van der Waals surface area contributed by atoms with E-state index in [1.807, 2.05) is 12.1 Å². The lowest BCUT2D eigenvalue weighted by molar-refractivity contribution is 0.664. The van der Waals surface area contributed by atoms with Gasteiger partial charge in [-0.15, -0.1) is 0 Å². The Morgan fingerprint density at radius 1 is 0.340 bits per heavy atom. The van der Waals surface area contributed by atoms with E-state index < -0.39 is 0 Å². The van der Waals surface area contributed by atoms with E-state index in [1.54, 1.807) is 0 Å². The van der Waals surface area contributed by atoms with E-state index >= 15 is 0 Å². The minimum absolute atomic E-state index is 0.829. The summed E-state index contributed by atoms with van der Waals surface area (Å²) in [4.78, 5) is 2.39. The first-order valence-corrected chi connectivity index (χ1v) is 18.0. The summed E-state index contributed by atoms with van der Waals surface area (Å²) in [5.74, 6) is 0. The third-order valence-corrected chi connectivity index (χ3v) is 10.6. The van der Waals surface area contributed by atoms with Crippen LogP contribution in [0.15, 0.2) is 197 Å². The third kappa shape index (κ3) is 4.68. The van der Waals surface area contributed by atoms with Crippen molar-refractivity contribution in [3.05, 3.63) is 188 Å². The molecule has 2 aromatic heterocycles. The highest BCUT2D eigenvalue weighted by molar-refractivity contribution is 6.30. The quantitative estimate of drug-likeness (QED) is 0.182. The molecule has 0 spiro atoms. The minimum atomic E-state index is 0.829. The maximum Gasteiger partial charge on any atom is 0.143 e. The summed E-state index contributed by atoms with van der Waals surface area (Å²) in [6, 6.07) is 66.7. The van der Waals surface area contributed by atoms with E-state index in [1.165, 1.54) is 21.9 Å². The molecule has 0 saturated heterocycles. The molecule has 0 aliphatic rings. The van der Waals surface area contributed by atoms with Crippen LogP contribution in [0.4, 0.5) is 17.1 Å². The molecule has 3 heteroatoms. The Morgan fingerprint density at radius 2 is 1.00 bits per heavy atom. The molecule has 0 N–H and O–H groups in total. The number of para-hydroxylation sites is 1. The molecule has 0 radical (unpaired) electrons. The van der Waals surface area contributed by atoms with Crippen LogP contribution in [0.3, 0.4) is 0 Å². The topological polar surface area (TPSA) is 29.5 Å². The van der Waals surface area contributed by atoms with Gasteiger partial charge in [-0.3, -0.25) is 0 Å². The lowest BCUT2D eigenvalue weighted by Gasteiger charge is -2.28. The fraction of sp³-hybridized carbons (Fsp3) is 0. The SMILES string of the molecule is c1ccc(-c2ccccc2N(c2ccc(-c3ccc4ccccc4c3)cc2)c2cccc3oc4ccc5oc6c7ccccc7ccc6c5c4c23)cc1. The number of benzene rings is 9. The van der Waals surface area contributed by atoms with Gasteiger partial charge in [0.05, 0.1) is 16.8 Å². The maximum absolute atomic E-state index is 6.69. The lowest BCUT2D eigenvalue weighted by atomic mass is 9.98. The number of hydrogen-bond donors (Lipinski definition) is 0. The molecule has 11 aromatic rings. The Balaban J connectivity index is 1.18. The van der Waals surface area contributed by atoms with Gasteiger partial charge in [0.15, 0.2) is 0 Å². The number of hydrogen-bond acceptors (Lipinski definition) is 3. The fourth-order valence-electron chi connectivity index (χ4n) is 8.18. The van der Waals surface area contributed by atoms with Crippen LogP contribution in [-0.4, -0.2) is 0 Å². The Labute approximate surface area is 305 Å². The third-order valence-electron chi connectivity index (χ3n) is 10.6. The van der Waals surface area contributed by atoms with Gasteiger partial charge in [-0.2, -0.15) is 0 Å². The first-order valence-electron chi connectivity index (χ1n) is 18.0. The van der Waals surface area contributed by atoms with E-state index in [0.29, 0.717) is 0 Å². The van der Waals surface area contributed by atoms with E-state index in [0.717, 1.165) is 82.8 Å². The van der Waals surface area contributed by atoms with E-state index in [-0.39, 0.29) is 0 Å². The molecule has 0 aliphatic heterocycles. The van der Waals surface area contributed by atoms with Crippen LogP contribution in [0.25, 0.3) is 87.7 Å². The van der Waals surface area contributed by atoms with Gasteiger partial charge in [-0.1, -0.05) is 133 Å². The van der Waals surface area contributed by atoms with Crippen molar-refractivity contribution in [2.45, 2.75) is 0 Å². The van der Waals surface area contributed by atoms with Crippen LogP contribution in [0.1, 0.15) is 0 Å². The van der Waals surface area contributed by atoms with Gasteiger partial charge in [0, 0.05) is 32.8 Å². The minimum Gasteiger partial charge on any atom is -0.456 e. The van der Waals surface area contributed by atoms with Gasteiger partial charge in [-0.25, -0.2) is 0 Å². The van der Waals surface area contributed by atoms with Crippen molar-refractivity contribution >= 4 is 82.5 Å². The summed E-state index contributed by atoms with van der Waals surface area (Å²) in [6.45, 7) is 0. The second-order valence-electron chi connectivity index (χ2n) is 13.7. The Bertz CT molecular complexity index is 3170. The molecule has 0 atom stereocenters. The molecule has 53 heavy (non-hydrogen) atoms. The van der Waals surface area contributed by atoms with Gasteiger partial charge in [0.25, 0.3) is 0 Å². The molecule has 3 nitrogen and oxygen atoms in total. The highest BCUT2D eigenvalue weighted by Crippen LogP contribution is 2.49. The van der Waals surface area contributed by atoms with E-state index in [9.17, 15) is 0 Å². The van der Waals surface area contributed by atoms with Crippen LogP contribution in [0.5, 0.6) is 0 Å². The molecule has 248 valence electrons. The zero-order chi connectivity index (χ0) is 34.9. The van der Waals surface area contributed by atoms with E-state index in [2.05, 4.69) is 181 Å². The number of anilines is 3. The molecule has 0 fully saturated rings. The van der Waals surface area contributed by atoms with Gasteiger partial charge < -0.3 is 13.7 Å². The van der Waals surface area contributed by atoms with Crippen molar-refractivity contribution in [1.82, 2.24) is 0 Å². The lowest BCUT2D eigenvalue weighted by Crippen LogP contribution is -2.11. The predicted octanol–water partition coefficient (Wildman–Crippen LogP) is 14.6. The van der Waals surface area contributed by atoms with Crippen LogP contribution in [-0.2, 0) is 0 Å². The van der Waals surface area contributed by atoms with Crippen molar-refractivity contribution < 1.29 is 8.83 Å². The summed E-state index contributed by atoms with van der Waals surface area (Å²) in [6.07, 6.45) is 0. The van der Waals surface area contributed by atoms with E-state index in [4.69, 9.17) is 8.83 Å². The largest absolute Gasteiger partial charge is 0.456 e. The summed E-state index contributed by atoms with van der Waals surface area (Å²) in [7, 11) is 0. The molecular formula is C50H31NO2. The molecule has 0 aliphatic carbocycles. The summed E-state index contributed by atoms with van der Waals surface area (Å²) >= 11 is 0. The van der Waals surface area contributed by atoms with Gasteiger partial charge in [0.1, 0.15) is 22.3 Å². The van der Waals surface area contributed by atoms with Crippen molar-refractivity contribution in [3.8, 4) is 22.3 Å². The second kappa shape index (κ2) is 11.7. The first kappa shape index (κ1) is 29.6. The summed E-state index contributed by atoms with van der Waals surface area (Å²) < 4.78 is 13.4. The fourth-order valence-corrected chi connectivity index (χ4v) is 8.18. The average molecular weight is 678 g/mol. The number of fused-ring (bicyclic) bond motifs is 10. The van der Waals surface area contributed by atoms with Crippen molar-refractivity contribution in [1.29, 1.82) is 0 Å². The molecule has 0 unspecified atom stereocenters. The standard InChI is InChI=1S/C50H31NO2/c1-2-12-34(13-3-1)39-16-8-9-18-42(39)51(38-26-23-33(24-27-38)37-22-21-32-11-4-5-15-36(32)31-37)43-19-10-20-44-48(43)49-46(52-44)30-29-45-47(49)41-28-25-35-14-6-7-17-40(35)50(41)53-45/h1-31H. The van der Waals surface area contributed by atoms with Gasteiger partial charge in [-0.05, 0) is 87.4 Å². The normalized spacial score (nSPS) is 11.8. The highest BCUT2D eigenvalue weighted by Gasteiger charge is 2.24. The summed E-state index contributed by atoms with van der Waals surface area (Å²) in [5, 5.41) is 8.98. The first-order chi connectivity index (χ1) is 26.3. The maximum atomic E-state index is 6.69.